The molecule has 0 fully saturated rings. The van der Waals surface area contributed by atoms with Gasteiger partial charge in [-0.3, -0.25) is 4.72 Å². The van der Waals surface area contributed by atoms with E-state index in [2.05, 4.69) is 15.9 Å². The molecule has 0 aliphatic heterocycles. The average molecular weight is 487 g/mol. The summed E-state index contributed by atoms with van der Waals surface area (Å²) in [6.07, 6.45) is 0. The Kier molecular flexibility index (Phi) is 5.72. The highest BCUT2D eigenvalue weighted by molar-refractivity contribution is 7.90. The lowest BCUT2D eigenvalue weighted by Gasteiger charge is -2.14. The van der Waals surface area contributed by atoms with Crippen LogP contribution in [-0.4, -0.2) is 30.8 Å². The normalized spacial score (nSPS) is 11.6. The number of anilines is 1. The molecule has 0 aliphatic rings. The SMILES string of the molecule is CCOC(=O)c1cc(-c2c3ccccc3cc3ccccc23)n(-c2ccc(NS(N)(=O)=O)cc2)n1. The summed E-state index contributed by atoms with van der Waals surface area (Å²) in [5, 5.41) is 13.8. The van der Waals surface area contributed by atoms with E-state index in [9.17, 15) is 13.2 Å². The maximum Gasteiger partial charge on any atom is 0.358 e. The molecule has 0 saturated heterocycles. The number of nitrogens with zero attached hydrogens (tertiary/aromatic N) is 2. The second-order valence-electron chi connectivity index (χ2n) is 7.93. The standard InChI is InChI=1S/C26H22N4O4S/c1-2-34-26(31)23-16-24(30(28-23)20-13-11-19(12-14-20)29-35(27,32)33)25-21-9-5-3-7-17(21)15-18-8-4-6-10-22(18)25/h3-16,29H,2H2,1H3,(H2,27,32,33). The summed E-state index contributed by atoms with van der Waals surface area (Å²) in [5.74, 6) is -0.524. The molecule has 3 N–H and O–H groups in total. The van der Waals surface area contributed by atoms with Crippen LogP contribution in [0.25, 0.3) is 38.5 Å². The number of carbonyl (C=O) groups is 1. The highest BCUT2D eigenvalue weighted by atomic mass is 32.2. The molecule has 0 atom stereocenters. The number of rotatable bonds is 6. The van der Waals surface area contributed by atoms with Crippen LogP contribution in [0.1, 0.15) is 17.4 Å². The zero-order valence-corrected chi connectivity index (χ0v) is 19.6. The third kappa shape index (κ3) is 4.46. The molecule has 0 bridgehead atoms. The van der Waals surface area contributed by atoms with Crippen LogP contribution in [0.2, 0.25) is 0 Å². The van der Waals surface area contributed by atoms with Gasteiger partial charge in [-0.05, 0) is 64.9 Å². The lowest BCUT2D eigenvalue weighted by atomic mass is 9.94. The Morgan fingerprint density at radius 1 is 0.943 bits per heavy atom. The Morgan fingerprint density at radius 3 is 2.11 bits per heavy atom. The first-order valence-electron chi connectivity index (χ1n) is 10.9. The van der Waals surface area contributed by atoms with Crippen molar-refractivity contribution in [1.82, 2.24) is 9.78 Å². The van der Waals surface area contributed by atoms with Gasteiger partial charge in [0.05, 0.1) is 18.0 Å². The number of nitrogens with one attached hydrogen (secondary N) is 1. The van der Waals surface area contributed by atoms with E-state index < -0.39 is 16.2 Å². The van der Waals surface area contributed by atoms with Gasteiger partial charge in [0.15, 0.2) is 5.69 Å². The Hall–Kier alpha value is -4.21. The van der Waals surface area contributed by atoms with Crippen LogP contribution in [0.5, 0.6) is 0 Å². The number of aromatic nitrogens is 2. The van der Waals surface area contributed by atoms with Gasteiger partial charge in [-0.25, -0.2) is 14.6 Å². The zero-order chi connectivity index (χ0) is 24.6. The number of esters is 1. The van der Waals surface area contributed by atoms with Crippen molar-refractivity contribution >= 4 is 43.4 Å². The molecule has 0 saturated carbocycles. The second-order valence-corrected chi connectivity index (χ2v) is 9.23. The fraction of sp³-hybridized carbons (Fsp3) is 0.0769. The van der Waals surface area contributed by atoms with Gasteiger partial charge in [-0.2, -0.15) is 13.5 Å². The van der Waals surface area contributed by atoms with Crippen molar-refractivity contribution in [3.63, 3.8) is 0 Å². The molecule has 5 rings (SSSR count). The zero-order valence-electron chi connectivity index (χ0n) is 18.8. The lowest BCUT2D eigenvalue weighted by Crippen LogP contribution is -2.21. The van der Waals surface area contributed by atoms with Crippen LogP contribution in [0.4, 0.5) is 5.69 Å². The largest absolute Gasteiger partial charge is 0.461 e. The summed E-state index contributed by atoms with van der Waals surface area (Å²) in [6, 6.07) is 26.5. The first-order valence-corrected chi connectivity index (χ1v) is 12.5. The van der Waals surface area contributed by atoms with Crippen molar-refractivity contribution < 1.29 is 17.9 Å². The summed E-state index contributed by atoms with van der Waals surface area (Å²) < 4.78 is 31.9. The molecular weight excluding hydrogens is 464 g/mol. The topological polar surface area (TPSA) is 116 Å². The maximum atomic E-state index is 12.6. The molecule has 0 radical (unpaired) electrons. The molecule has 176 valence electrons. The molecule has 0 amide bonds. The third-order valence-corrected chi connectivity index (χ3v) is 6.11. The highest BCUT2D eigenvalue weighted by Gasteiger charge is 2.21. The van der Waals surface area contributed by atoms with Gasteiger partial charge < -0.3 is 4.74 Å². The van der Waals surface area contributed by atoms with Gasteiger partial charge in [0.25, 0.3) is 10.2 Å². The first-order chi connectivity index (χ1) is 16.8. The van der Waals surface area contributed by atoms with Gasteiger partial charge in [-0.15, -0.1) is 0 Å². The molecule has 0 aliphatic carbocycles. The minimum absolute atomic E-state index is 0.172. The molecule has 1 heterocycles. The molecule has 0 spiro atoms. The first kappa shape index (κ1) is 22.6. The quantitative estimate of drug-likeness (QED) is 0.268. The number of hydrogen-bond acceptors (Lipinski definition) is 5. The Bertz CT molecular complexity index is 1620. The van der Waals surface area contributed by atoms with Crippen molar-refractivity contribution in [1.29, 1.82) is 0 Å². The van der Waals surface area contributed by atoms with E-state index in [0.717, 1.165) is 27.1 Å². The van der Waals surface area contributed by atoms with E-state index >= 15 is 0 Å². The van der Waals surface area contributed by atoms with Gasteiger partial charge in [0, 0.05) is 11.3 Å². The summed E-state index contributed by atoms with van der Waals surface area (Å²) in [6.45, 7) is 1.97. The summed E-state index contributed by atoms with van der Waals surface area (Å²) in [7, 11) is -3.90. The van der Waals surface area contributed by atoms with E-state index in [0.29, 0.717) is 17.1 Å². The van der Waals surface area contributed by atoms with Crippen molar-refractivity contribution in [2.75, 3.05) is 11.3 Å². The maximum absolute atomic E-state index is 12.6. The van der Waals surface area contributed by atoms with Crippen LogP contribution in [0.15, 0.2) is 84.9 Å². The number of carbonyl (C=O) groups excluding carboxylic acids is 1. The monoisotopic (exact) mass is 486 g/mol. The molecular formula is C26H22N4O4S. The molecule has 4 aromatic carbocycles. The fourth-order valence-electron chi connectivity index (χ4n) is 4.19. The molecule has 1 aromatic heterocycles. The highest BCUT2D eigenvalue weighted by Crippen LogP contribution is 2.37. The second kappa shape index (κ2) is 8.86. The van der Waals surface area contributed by atoms with Crippen LogP contribution in [-0.2, 0) is 14.9 Å². The fourth-order valence-corrected chi connectivity index (χ4v) is 4.65. The summed E-state index contributed by atoms with van der Waals surface area (Å²) >= 11 is 0. The van der Waals surface area contributed by atoms with Crippen LogP contribution in [0, 0.1) is 0 Å². The number of ether oxygens (including phenoxy) is 1. The van der Waals surface area contributed by atoms with E-state index in [1.54, 1.807) is 41.9 Å². The molecule has 0 unspecified atom stereocenters. The smallest absolute Gasteiger partial charge is 0.358 e. The van der Waals surface area contributed by atoms with Gasteiger partial charge in [-0.1, -0.05) is 48.5 Å². The van der Waals surface area contributed by atoms with Crippen molar-refractivity contribution in [3.8, 4) is 16.9 Å². The Morgan fingerprint density at radius 2 is 1.54 bits per heavy atom. The number of benzene rings is 4. The van der Waals surface area contributed by atoms with Gasteiger partial charge >= 0.3 is 5.97 Å². The number of fused-ring (bicyclic) bond motifs is 2. The van der Waals surface area contributed by atoms with Gasteiger partial charge in [0.2, 0.25) is 0 Å². The number of hydrogen-bond donors (Lipinski definition) is 2. The van der Waals surface area contributed by atoms with Crippen molar-refractivity contribution in [3.05, 3.63) is 90.6 Å². The van der Waals surface area contributed by atoms with Crippen molar-refractivity contribution in [2.45, 2.75) is 6.92 Å². The van der Waals surface area contributed by atoms with E-state index in [1.807, 2.05) is 48.5 Å². The minimum atomic E-state index is -3.90. The molecule has 35 heavy (non-hydrogen) atoms. The van der Waals surface area contributed by atoms with E-state index in [-0.39, 0.29) is 12.3 Å². The van der Waals surface area contributed by atoms with Crippen molar-refractivity contribution in [2.24, 2.45) is 5.14 Å². The van der Waals surface area contributed by atoms with E-state index in [1.165, 1.54) is 0 Å². The van der Waals surface area contributed by atoms with E-state index in [4.69, 9.17) is 9.88 Å². The number of nitrogens with two attached hydrogens (primary N) is 1. The molecule has 8 nitrogen and oxygen atoms in total. The Balaban J connectivity index is 1.77. The molecule has 9 heteroatoms. The molecule has 5 aromatic rings. The van der Waals surface area contributed by atoms with Crippen LogP contribution < -0.4 is 9.86 Å². The summed E-state index contributed by atoms with van der Waals surface area (Å²) in [4.78, 5) is 12.6. The minimum Gasteiger partial charge on any atom is -0.461 e. The summed E-state index contributed by atoms with van der Waals surface area (Å²) in [5.41, 5.74) is 2.74. The average Bonchev–Trinajstić information content (AvgIpc) is 3.27. The van der Waals surface area contributed by atoms with Crippen LogP contribution >= 0.6 is 0 Å². The third-order valence-electron chi connectivity index (χ3n) is 5.59. The van der Waals surface area contributed by atoms with Crippen LogP contribution in [0.3, 0.4) is 0 Å². The lowest BCUT2D eigenvalue weighted by molar-refractivity contribution is 0.0519. The van der Waals surface area contributed by atoms with Gasteiger partial charge in [0.1, 0.15) is 0 Å². The predicted molar refractivity (Wildman–Crippen MR) is 137 cm³/mol. The Labute approximate surface area is 202 Å². The predicted octanol–water partition coefficient (Wildman–Crippen LogP) is 4.64.